The van der Waals surface area contributed by atoms with Gasteiger partial charge in [0.25, 0.3) is 0 Å². The Morgan fingerprint density at radius 1 is 1.19 bits per heavy atom. The van der Waals surface area contributed by atoms with Crippen LogP contribution in [-0.4, -0.2) is 54.2 Å². The molecule has 1 aliphatic carbocycles. The number of nitrogens with zero attached hydrogens (tertiary/aromatic N) is 3. The van der Waals surface area contributed by atoms with Gasteiger partial charge < -0.3 is 15.1 Å². The Morgan fingerprint density at radius 2 is 1.91 bits per heavy atom. The second kappa shape index (κ2) is 12.4. The molecule has 6 nitrogen and oxygen atoms in total. The fourth-order valence-electron chi connectivity index (χ4n) is 4.48. The van der Waals surface area contributed by atoms with Crippen molar-refractivity contribution in [3.63, 3.8) is 0 Å². The van der Waals surface area contributed by atoms with E-state index in [0.29, 0.717) is 31.4 Å². The summed E-state index contributed by atoms with van der Waals surface area (Å²) < 4.78 is 45.0. The van der Waals surface area contributed by atoms with Crippen LogP contribution in [0.1, 0.15) is 62.8 Å². The molecule has 32 heavy (non-hydrogen) atoms. The molecule has 184 valence electrons. The number of piperidine rings is 1. The van der Waals surface area contributed by atoms with E-state index in [2.05, 4.69) is 20.5 Å². The van der Waals surface area contributed by atoms with Crippen molar-refractivity contribution in [3.8, 4) is 0 Å². The maximum Gasteiger partial charge on any atom is 0.391 e. The Morgan fingerprint density at radius 3 is 2.50 bits per heavy atom. The zero-order chi connectivity index (χ0) is 22.4. The molecule has 2 aliphatic rings. The van der Waals surface area contributed by atoms with Crippen molar-refractivity contribution in [2.45, 2.75) is 78.1 Å². The summed E-state index contributed by atoms with van der Waals surface area (Å²) in [4.78, 5) is 11.5. The van der Waals surface area contributed by atoms with Gasteiger partial charge in [-0.3, -0.25) is 9.89 Å². The van der Waals surface area contributed by atoms with Crippen molar-refractivity contribution in [1.29, 1.82) is 0 Å². The van der Waals surface area contributed by atoms with Gasteiger partial charge in [0.15, 0.2) is 5.96 Å². The lowest BCUT2D eigenvalue weighted by molar-refractivity contribution is -0.183. The van der Waals surface area contributed by atoms with E-state index in [1.54, 1.807) is 0 Å². The first-order valence-electron chi connectivity index (χ1n) is 11.5. The van der Waals surface area contributed by atoms with Gasteiger partial charge in [-0.2, -0.15) is 13.2 Å². The number of hydrogen-bond acceptors (Lipinski definition) is 4. The topological polar surface area (TPSA) is 65.7 Å². The Bertz CT molecular complexity index is 712. The summed E-state index contributed by atoms with van der Waals surface area (Å²) in [6, 6.07) is -0.173. The first-order chi connectivity index (χ1) is 14.7. The number of aryl methyl sites for hydroxylation is 2. The Hall–Kier alpha value is -1.04. The molecule has 2 heterocycles. The normalized spacial score (nSPS) is 23.6. The molecular formula is C22H37F3IN5O. The van der Waals surface area contributed by atoms with Crippen LogP contribution >= 0.6 is 24.0 Å². The molecule has 1 aromatic heterocycles. The molecule has 0 radical (unpaired) electrons. The summed E-state index contributed by atoms with van der Waals surface area (Å²) in [5, 5.41) is 6.45. The highest BCUT2D eigenvalue weighted by molar-refractivity contribution is 14.0. The molecule has 2 N–H and O–H groups in total. The SMILES string of the molecule is CCNC(=NCC1CCN(Cc2nc(C)c(C)o2)CC1)NC1CCCC(C(F)(F)F)C1.I. The molecule has 1 saturated heterocycles. The van der Waals surface area contributed by atoms with Crippen LogP contribution in [0, 0.1) is 25.7 Å². The minimum atomic E-state index is -4.10. The summed E-state index contributed by atoms with van der Waals surface area (Å²) in [7, 11) is 0. The largest absolute Gasteiger partial charge is 0.444 e. The van der Waals surface area contributed by atoms with Gasteiger partial charge in [0.2, 0.25) is 5.89 Å². The third kappa shape index (κ3) is 8.07. The number of likely N-dealkylation sites (tertiary alicyclic amines) is 1. The van der Waals surface area contributed by atoms with Crippen LogP contribution in [0.2, 0.25) is 0 Å². The Balaban J connectivity index is 0.00000363. The number of oxazole rings is 1. The van der Waals surface area contributed by atoms with Gasteiger partial charge in [0.05, 0.1) is 18.2 Å². The van der Waals surface area contributed by atoms with E-state index in [1.807, 2.05) is 20.8 Å². The number of rotatable bonds is 6. The lowest BCUT2D eigenvalue weighted by Gasteiger charge is -2.32. The number of aromatic nitrogens is 1. The third-order valence-corrected chi connectivity index (χ3v) is 6.47. The van der Waals surface area contributed by atoms with Crippen molar-refractivity contribution in [1.82, 2.24) is 20.5 Å². The molecule has 0 aromatic carbocycles. The quantitative estimate of drug-likeness (QED) is 0.292. The highest BCUT2D eigenvalue weighted by atomic mass is 127. The molecule has 0 amide bonds. The highest BCUT2D eigenvalue weighted by Gasteiger charge is 2.42. The monoisotopic (exact) mass is 571 g/mol. The molecule has 3 rings (SSSR count). The van der Waals surface area contributed by atoms with Gasteiger partial charge >= 0.3 is 6.18 Å². The second-order valence-corrected chi connectivity index (χ2v) is 8.93. The van der Waals surface area contributed by atoms with Crippen LogP contribution in [0.3, 0.4) is 0 Å². The highest BCUT2D eigenvalue weighted by Crippen LogP contribution is 2.37. The molecule has 0 spiro atoms. The summed E-state index contributed by atoms with van der Waals surface area (Å²) in [5.41, 5.74) is 0.946. The maximum absolute atomic E-state index is 13.1. The standard InChI is InChI=1S/C22H36F3N5O.HI/c1-4-26-21(29-19-7-5-6-18(12-19)22(23,24)25)27-13-17-8-10-30(11-9-17)14-20-28-15(2)16(3)31-20;/h17-19H,4-14H2,1-3H3,(H2,26,27,29);1H. The molecule has 2 fully saturated rings. The van der Waals surface area contributed by atoms with Gasteiger partial charge in [-0.15, -0.1) is 24.0 Å². The number of alkyl halides is 3. The minimum absolute atomic E-state index is 0. The number of aliphatic imine (C=N–C) groups is 1. The van der Waals surface area contributed by atoms with E-state index in [4.69, 9.17) is 9.41 Å². The molecule has 0 bridgehead atoms. The van der Waals surface area contributed by atoms with Crippen molar-refractivity contribution < 1.29 is 17.6 Å². The van der Waals surface area contributed by atoms with E-state index in [0.717, 1.165) is 56.2 Å². The van der Waals surface area contributed by atoms with Crippen molar-refractivity contribution in [2.24, 2.45) is 16.8 Å². The predicted octanol–water partition coefficient (Wildman–Crippen LogP) is 4.80. The van der Waals surface area contributed by atoms with Gasteiger partial charge in [-0.1, -0.05) is 6.42 Å². The van der Waals surface area contributed by atoms with E-state index in [1.165, 1.54) is 0 Å². The molecule has 1 saturated carbocycles. The van der Waals surface area contributed by atoms with E-state index < -0.39 is 12.1 Å². The number of nitrogens with one attached hydrogen (secondary N) is 2. The van der Waals surface area contributed by atoms with Crippen LogP contribution in [-0.2, 0) is 6.54 Å². The summed E-state index contributed by atoms with van der Waals surface area (Å²) in [6.45, 7) is 9.92. The van der Waals surface area contributed by atoms with Crippen LogP contribution in [0.25, 0.3) is 0 Å². The number of guanidine groups is 1. The first kappa shape index (κ1) is 27.2. The molecule has 2 atom stereocenters. The second-order valence-electron chi connectivity index (χ2n) is 8.93. The van der Waals surface area contributed by atoms with E-state index in [9.17, 15) is 13.2 Å². The van der Waals surface area contributed by atoms with Crippen LogP contribution in [0.5, 0.6) is 0 Å². The van der Waals surface area contributed by atoms with E-state index in [-0.39, 0.29) is 42.9 Å². The van der Waals surface area contributed by atoms with E-state index >= 15 is 0 Å². The van der Waals surface area contributed by atoms with Crippen LogP contribution in [0.4, 0.5) is 13.2 Å². The zero-order valence-corrected chi connectivity index (χ0v) is 21.6. The number of hydrogen-bond donors (Lipinski definition) is 2. The van der Waals surface area contributed by atoms with Gasteiger partial charge in [0, 0.05) is 19.1 Å². The molecular weight excluding hydrogens is 534 g/mol. The van der Waals surface area contributed by atoms with Gasteiger partial charge in [0.1, 0.15) is 5.76 Å². The van der Waals surface area contributed by atoms with Crippen LogP contribution < -0.4 is 10.6 Å². The maximum atomic E-state index is 13.1. The summed E-state index contributed by atoms with van der Waals surface area (Å²) in [6.07, 6.45) is -0.292. The predicted molar refractivity (Wildman–Crippen MR) is 130 cm³/mol. The smallest absolute Gasteiger partial charge is 0.391 e. The minimum Gasteiger partial charge on any atom is -0.444 e. The lowest BCUT2D eigenvalue weighted by Crippen LogP contribution is -2.47. The molecule has 10 heteroatoms. The average molecular weight is 571 g/mol. The first-order valence-corrected chi connectivity index (χ1v) is 11.5. The third-order valence-electron chi connectivity index (χ3n) is 6.47. The zero-order valence-electron chi connectivity index (χ0n) is 19.3. The number of halogens is 4. The molecule has 1 aromatic rings. The lowest BCUT2D eigenvalue weighted by atomic mass is 9.85. The van der Waals surface area contributed by atoms with Gasteiger partial charge in [-0.25, -0.2) is 4.98 Å². The summed E-state index contributed by atoms with van der Waals surface area (Å²) in [5.74, 6) is 1.57. The Kier molecular flexibility index (Phi) is 10.6. The van der Waals surface area contributed by atoms with Crippen molar-refractivity contribution >= 4 is 29.9 Å². The molecule has 2 unspecified atom stereocenters. The summed E-state index contributed by atoms with van der Waals surface area (Å²) >= 11 is 0. The Labute approximate surface area is 206 Å². The average Bonchev–Trinajstić information content (AvgIpc) is 3.04. The van der Waals surface area contributed by atoms with Gasteiger partial charge in [-0.05, 0) is 71.9 Å². The van der Waals surface area contributed by atoms with Crippen molar-refractivity contribution in [2.75, 3.05) is 26.2 Å². The van der Waals surface area contributed by atoms with Crippen LogP contribution in [0.15, 0.2) is 9.41 Å². The van der Waals surface area contributed by atoms with Crippen molar-refractivity contribution in [3.05, 3.63) is 17.3 Å². The fourth-order valence-corrected chi connectivity index (χ4v) is 4.48. The molecule has 1 aliphatic heterocycles. The fraction of sp³-hybridized carbons (Fsp3) is 0.818.